The molecule has 1 atom stereocenters. The molecule has 2 rings (SSSR count). The van der Waals surface area contributed by atoms with Crippen molar-refractivity contribution in [3.8, 4) is 0 Å². The number of rotatable bonds is 6. The minimum Gasteiger partial charge on any atom is -0.481 e. The van der Waals surface area contributed by atoms with Gasteiger partial charge < -0.3 is 10.4 Å². The van der Waals surface area contributed by atoms with E-state index in [1.165, 1.54) is 0 Å². The predicted octanol–water partition coefficient (Wildman–Crippen LogP) is 1.79. The van der Waals surface area contributed by atoms with E-state index in [4.69, 9.17) is 5.11 Å². The van der Waals surface area contributed by atoms with Crippen molar-refractivity contribution in [3.63, 3.8) is 0 Å². The molecular formula is C14H17N3O3. The summed E-state index contributed by atoms with van der Waals surface area (Å²) in [6.07, 6.45) is 2.44. The summed E-state index contributed by atoms with van der Waals surface area (Å²) in [4.78, 5) is 22.7. The smallest absolute Gasteiger partial charge is 0.303 e. The van der Waals surface area contributed by atoms with Crippen LogP contribution in [0.4, 0.5) is 0 Å². The first-order valence-electron chi connectivity index (χ1n) is 6.53. The summed E-state index contributed by atoms with van der Waals surface area (Å²) in [5.74, 6) is -1.09. The molecular weight excluding hydrogens is 258 g/mol. The first kappa shape index (κ1) is 14.0. The number of aromatic amines is 1. The number of hydrogen-bond donors (Lipinski definition) is 3. The quantitative estimate of drug-likeness (QED) is 0.749. The maximum Gasteiger partial charge on any atom is 0.303 e. The summed E-state index contributed by atoms with van der Waals surface area (Å²) in [5, 5.41) is 19.1. The second-order valence-corrected chi connectivity index (χ2v) is 4.75. The Morgan fingerprint density at radius 1 is 1.45 bits per heavy atom. The number of benzene rings is 1. The highest BCUT2D eigenvalue weighted by Gasteiger charge is 2.13. The molecule has 1 unspecified atom stereocenters. The monoisotopic (exact) mass is 275 g/mol. The van der Waals surface area contributed by atoms with Gasteiger partial charge in [0, 0.05) is 23.9 Å². The van der Waals surface area contributed by atoms with E-state index in [1.54, 1.807) is 24.4 Å². The maximum absolute atomic E-state index is 12.0. The number of carboxylic acids is 1. The molecule has 0 aliphatic carbocycles. The van der Waals surface area contributed by atoms with Crippen LogP contribution in [0.1, 0.15) is 30.1 Å². The normalized spacial score (nSPS) is 12.2. The molecule has 0 fully saturated rings. The van der Waals surface area contributed by atoms with Crippen molar-refractivity contribution in [2.45, 2.75) is 19.8 Å². The van der Waals surface area contributed by atoms with Crippen molar-refractivity contribution in [1.82, 2.24) is 15.5 Å². The number of H-pyrrole nitrogens is 1. The third kappa shape index (κ3) is 3.34. The minimum atomic E-state index is -0.842. The Kier molecular flexibility index (Phi) is 4.34. The van der Waals surface area contributed by atoms with Gasteiger partial charge in [0.15, 0.2) is 0 Å². The van der Waals surface area contributed by atoms with E-state index < -0.39 is 5.97 Å². The second-order valence-electron chi connectivity index (χ2n) is 4.75. The summed E-state index contributed by atoms with van der Waals surface area (Å²) in [5.41, 5.74) is 1.42. The molecule has 0 saturated heterocycles. The van der Waals surface area contributed by atoms with E-state index in [9.17, 15) is 9.59 Å². The van der Waals surface area contributed by atoms with Crippen molar-refractivity contribution in [1.29, 1.82) is 0 Å². The zero-order chi connectivity index (χ0) is 14.5. The van der Waals surface area contributed by atoms with E-state index in [0.29, 0.717) is 18.5 Å². The molecule has 0 saturated carbocycles. The van der Waals surface area contributed by atoms with Gasteiger partial charge in [-0.15, -0.1) is 0 Å². The molecule has 6 heteroatoms. The number of nitrogens with zero attached hydrogens (tertiary/aromatic N) is 1. The number of nitrogens with one attached hydrogen (secondary N) is 2. The third-order valence-corrected chi connectivity index (χ3v) is 3.29. The van der Waals surface area contributed by atoms with Crippen LogP contribution in [0.5, 0.6) is 0 Å². The molecule has 20 heavy (non-hydrogen) atoms. The SMILES string of the molecule is CCC(CNC(=O)c1ccc2[nH]ncc2c1)CC(=O)O. The summed E-state index contributed by atoms with van der Waals surface area (Å²) < 4.78 is 0. The standard InChI is InChI=1S/C14H17N3O3/c1-2-9(5-13(18)19)7-15-14(20)10-3-4-12-11(6-10)8-16-17-12/h3-4,6,8-9H,2,5,7H2,1H3,(H,15,20)(H,16,17)(H,18,19). The summed E-state index contributed by atoms with van der Waals surface area (Å²) in [6.45, 7) is 2.28. The Morgan fingerprint density at radius 2 is 2.25 bits per heavy atom. The summed E-state index contributed by atoms with van der Waals surface area (Å²) in [6, 6.07) is 5.27. The number of hydrogen-bond acceptors (Lipinski definition) is 3. The van der Waals surface area contributed by atoms with Gasteiger partial charge in [0.1, 0.15) is 0 Å². The van der Waals surface area contributed by atoms with E-state index >= 15 is 0 Å². The van der Waals surface area contributed by atoms with E-state index in [0.717, 1.165) is 10.9 Å². The van der Waals surface area contributed by atoms with Crippen molar-refractivity contribution >= 4 is 22.8 Å². The van der Waals surface area contributed by atoms with Crippen molar-refractivity contribution in [3.05, 3.63) is 30.0 Å². The predicted molar refractivity (Wildman–Crippen MR) is 74.5 cm³/mol. The first-order valence-corrected chi connectivity index (χ1v) is 6.53. The van der Waals surface area contributed by atoms with Crippen LogP contribution in [0.2, 0.25) is 0 Å². The topological polar surface area (TPSA) is 95.1 Å². The lowest BCUT2D eigenvalue weighted by Gasteiger charge is -2.13. The molecule has 1 amide bonds. The molecule has 106 valence electrons. The highest BCUT2D eigenvalue weighted by molar-refractivity contribution is 5.97. The fourth-order valence-electron chi connectivity index (χ4n) is 2.03. The van der Waals surface area contributed by atoms with E-state index in [2.05, 4.69) is 15.5 Å². The molecule has 0 bridgehead atoms. The molecule has 2 aromatic rings. The molecule has 0 aliphatic rings. The number of aliphatic carboxylic acids is 1. The fraction of sp³-hybridized carbons (Fsp3) is 0.357. The zero-order valence-electron chi connectivity index (χ0n) is 11.2. The zero-order valence-corrected chi connectivity index (χ0v) is 11.2. The molecule has 1 heterocycles. The number of fused-ring (bicyclic) bond motifs is 1. The van der Waals surface area contributed by atoms with Crippen LogP contribution in [0, 0.1) is 5.92 Å². The van der Waals surface area contributed by atoms with Gasteiger partial charge in [-0.1, -0.05) is 13.3 Å². The largest absolute Gasteiger partial charge is 0.481 e. The van der Waals surface area contributed by atoms with Gasteiger partial charge in [-0.25, -0.2) is 0 Å². The molecule has 6 nitrogen and oxygen atoms in total. The van der Waals surface area contributed by atoms with E-state index in [1.807, 2.05) is 6.92 Å². The highest BCUT2D eigenvalue weighted by Crippen LogP contribution is 2.13. The van der Waals surface area contributed by atoms with Crippen LogP contribution < -0.4 is 5.32 Å². The minimum absolute atomic E-state index is 0.0471. The number of amides is 1. The number of carbonyl (C=O) groups is 2. The summed E-state index contributed by atoms with van der Waals surface area (Å²) in [7, 11) is 0. The number of carbonyl (C=O) groups excluding carboxylic acids is 1. The highest BCUT2D eigenvalue weighted by atomic mass is 16.4. The molecule has 1 aromatic carbocycles. The molecule has 1 aromatic heterocycles. The Hall–Kier alpha value is -2.37. The average Bonchev–Trinajstić information content (AvgIpc) is 2.89. The van der Waals surface area contributed by atoms with Gasteiger partial charge >= 0.3 is 5.97 Å². The Balaban J connectivity index is 1.98. The third-order valence-electron chi connectivity index (χ3n) is 3.29. The van der Waals surface area contributed by atoms with Crippen molar-refractivity contribution in [2.75, 3.05) is 6.54 Å². The molecule has 0 radical (unpaired) electrons. The lowest BCUT2D eigenvalue weighted by atomic mass is 10.0. The average molecular weight is 275 g/mol. The number of carboxylic acid groups (broad SMARTS) is 1. The van der Waals surface area contributed by atoms with Crippen molar-refractivity contribution < 1.29 is 14.7 Å². The summed E-state index contributed by atoms with van der Waals surface area (Å²) >= 11 is 0. The van der Waals surface area contributed by atoms with Crippen LogP contribution in [0.25, 0.3) is 10.9 Å². The molecule has 0 spiro atoms. The fourth-order valence-corrected chi connectivity index (χ4v) is 2.03. The van der Waals surface area contributed by atoms with Gasteiger partial charge in [0.2, 0.25) is 0 Å². The molecule has 0 aliphatic heterocycles. The van der Waals surface area contributed by atoms with Crippen LogP contribution in [-0.2, 0) is 4.79 Å². The lowest BCUT2D eigenvalue weighted by molar-refractivity contribution is -0.138. The first-order chi connectivity index (χ1) is 9.60. The Morgan fingerprint density at radius 3 is 2.95 bits per heavy atom. The van der Waals surface area contributed by atoms with E-state index in [-0.39, 0.29) is 18.2 Å². The maximum atomic E-state index is 12.0. The van der Waals surface area contributed by atoms with Gasteiger partial charge in [-0.05, 0) is 24.1 Å². The molecule has 3 N–H and O–H groups in total. The van der Waals surface area contributed by atoms with Crippen LogP contribution >= 0.6 is 0 Å². The number of aromatic nitrogens is 2. The van der Waals surface area contributed by atoms with Crippen molar-refractivity contribution in [2.24, 2.45) is 5.92 Å². The van der Waals surface area contributed by atoms with Gasteiger partial charge in [-0.3, -0.25) is 14.7 Å². The van der Waals surface area contributed by atoms with Gasteiger partial charge in [0.05, 0.1) is 11.7 Å². The second kappa shape index (κ2) is 6.18. The van der Waals surface area contributed by atoms with Crippen LogP contribution in [0.3, 0.4) is 0 Å². The van der Waals surface area contributed by atoms with Crippen LogP contribution in [-0.4, -0.2) is 33.7 Å². The lowest BCUT2D eigenvalue weighted by Crippen LogP contribution is -2.30. The Labute approximate surface area is 116 Å². The van der Waals surface area contributed by atoms with Gasteiger partial charge in [0.25, 0.3) is 5.91 Å². The van der Waals surface area contributed by atoms with Crippen LogP contribution in [0.15, 0.2) is 24.4 Å². The van der Waals surface area contributed by atoms with Gasteiger partial charge in [-0.2, -0.15) is 5.10 Å². The Bertz CT molecular complexity index is 621.